The van der Waals surface area contributed by atoms with Crippen LogP contribution < -0.4 is 0 Å². The molecule has 4 heteroatoms. The maximum absolute atomic E-state index is 13.2. The number of carbonyl (C=O) groups excluding carboxylic acids is 1. The summed E-state index contributed by atoms with van der Waals surface area (Å²) in [5.41, 5.74) is 5.13. The summed E-state index contributed by atoms with van der Waals surface area (Å²) < 4.78 is 5.12. The van der Waals surface area contributed by atoms with E-state index in [0.717, 1.165) is 30.9 Å². The van der Waals surface area contributed by atoms with E-state index >= 15 is 0 Å². The van der Waals surface area contributed by atoms with Crippen molar-refractivity contribution in [1.82, 2.24) is 9.80 Å². The first-order valence-corrected chi connectivity index (χ1v) is 11.3. The number of piperidine rings is 1. The second-order valence-electron chi connectivity index (χ2n) is 9.82. The van der Waals surface area contributed by atoms with Crippen molar-refractivity contribution in [3.8, 4) is 0 Å². The van der Waals surface area contributed by atoms with E-state index < -0.39 is 0 Å². The van der Waals surface area contributed by atoms with Crippen LogP contribution in [0.5, 0.6) is 0 Å². The number of rotatable bonds is 5. The first-order valence-electron chi connectivity index (χ1n) is 11.3. The Kier molecular flexibility index (Phi) is 4.85. The Bertz CT molecular complexity index is 959. The maximum atomic E-state index is 13.2. The summed E-state index contributed by atoms with van der Waals surface area (Å²) in [5.74, 6) is 0.929. The van der Waals surface area contributed by atoms with Crippen molar-refractivity contribution in [3.05, 3.63) is 65.1 Å². The summed E-state index contributed by atoms with van der Waals surface area (Å²) in [4.78, 5) is 17.9. The Morgan fingerprint density at radius 2 is 2.17 bits per heavy atom. The molecule has 30 heavy (non-hydrogen) atoms. The predicted octanol–water partition coefficient (Wildman–Crippen LogP) is 4.43. The second kappa shape index (κ2) is 7.42. The Morgan fingerprint density at radius 1 is 1.33 bits per heavy atom. The number of nitrogens with zero attached hydrogens (tertiary/aromatic N) is 2. The number of amides is 1. The highest BCUT2D eigenvalue weighted by Gasteiger charge is 2.53. The fraction of sp³-hybridized carbons (Fsp3) is 0.500. The fourth-order valence-corrected chi connectivity index (χ4v) is 5.81. The molecule has 1 unspecified atom stereocenters. The quantitative estimate of drug-likeness (QED) is 0.692. The van der Waals surface area contributed by atoms with Crippen molar-refractivity contribution >= 4 is 12.0 Å². The minimum absolute atomic E-state index is 0.0157. The zero-order valence-electron chi connectivity index (χ0n) is 18.3. The van der Waals surface area contributed by atoms with Gasteiger partial charge in [-0.2, -0.15) is 0 Å². The molecule has 0 N–H and O–H groups in total. The molecule has 1 amide bonds. The van der Waals surface area contributed by atoms with Gasteiger partial charge in [0.15, 0.2) is 0 Å². The second-order valence-corrected chi connectivity index (χ2v) is 9.82. The zero-order chi connectivity index (χ0) is 20.9. The van der Waals surface area contributed by atoms with Gasteiger partial charge in [0.2, 0.25) is 5.91 Å². The SMILES string of the molecule is Cc1ccc2c(c1)[C@@]1(C)CCN(CC3CC3)C(C2)[C@H]1N(C)C(=O)/C=C\c1ccoc1. The molecule has 1 aromatic heterocycles. The highest BCUT2D eigenvalue weighted by molar-refractivity contribution is 5.92. The molecule has 2 fully saturated rings. The Balaban J connectivity index is 1.49. The summed E-state index contributed by atoms with van der Waals surface area (Å²) in [5, 5.41) is 0. The van der Waals surface area contributed by atoms with E-state index in [0.29, 0.717) is 6.04 Å². The minimum Gasteiger partial charge on any atom is -0.472 e. The molecular weight excluding hydrogens is 372 g/mol. The number of likely N-dealkylation sites (N-methyl/N-ethyl adjacent to an activating group) is 1. The van der Waals surface area contributed by atoms with Gasteiger partial charge in [-0.1, -0.05) is 30.7 Å². The van der Waals surface area contributed by atoms with Gasteiger partial charge >= 0.3 is 0 Å². The van der Waals surface area contributed by atoms with Gasteiger partial charge in [0.1, 0.15) is 0 Å². The van der Waals surface area contributed by atoms with Gasteiger partial charge < -0.3 is 9.32 Å². The molecule has 4 nitrogen and oxygen atoms in total. The third kappa shape index (κ3) is 3.41. The van der Waals surface area contributed by atoms with Crippen LogP contribution in [0.2, 0.25) is 0 Å². The third-order valence-electron chi connectivity index (χ3n) is 7.63. The summed E-state index contributed by atoms with van der Waals surface area (Å²) in [6.45, 7) is 6.88. The van der Waals surface area contributed by atoms with Crippen molar-refractivity contribution in [2.24, 2.45) is 5.92 Å². The van der Waals surface area contributed by atoms with E-state index in [9.17, 15) is 4.79 Å². The topological polar surface area (TPSA) is 36.7 Å². The van der Waals surface area contributed by atoms with Crippen molar-refractivity contribution in [1.29, 1.82) is 0 Å². The molecule has 3 atom stereocenters. The van der Waals surface area contributed by atoms with Crippen LogP contribution in [0.4, 0.5) is 0 Å². The predicted molar refractivity (Wildman–Crippen MR) is 119 cm³/mol. The standard InChI is InChI=1S/C26H32N2O2/c1-18-4-8-21-15-23-25(27(3)24(29)9-7-20-10-13-30-17-20)26(2,22(21)14-18)11-12-28(23)16-19-5-6-19/h4,7-10,13-14,17,19,23,25H,5-6,11-12,15-16H2,1-3H3/b9-7-/t23?,25-,26-/m1/s1. The molecule has 1 aliphatic heterocycles. The van der Waals surface area contributed by atoms with E-state index in [2.05, 4.69) is 36.9 Å². The molecule has 1 aromatic carbocycles. The molecule has 2 aliphatic carbocycles. The van der Waals surface area contributed by atoms with Crippen LogP contribution in [0.3, 0.4) is 0 Å². The number of benzene rings is 1. The first kappa shape index (κ1) is 19.6. The fourth-order valence-electron chi connectivity index (χ4n) is 5.81. The van der Waals surface area contributed by atoms with E-state index in [1.54, 1.807) is 18.6 Å². The Hall–Kier alpha value is -2.33. The average Bonchev–Trinajstić information content (AvgIpc) is 3.39. The number of hydrogen-bond acceptors (Lipinski definition) is 3. The Morgan fingerprint density at radius 3 is 2.90 bits per heavy atom. The number of carbonyl (C=O) groups is 1. The maximum Gasteiger partial charge on any atom is 0.246 e. The van der Waals surface area contributed by atoms with E-state index in [-0.39, 0.29) is 17.4 Å². The lowest BCUT2D eigenvalue weighted by molar-refractivity contribution is -0.132. The van der Waals surface area contributed by atoms with Crippen LogP contribution in [-0.4, -0.2) is 47.9 Å². The van der Waals surface area contributed by atoms with Gasteiger partial charge in [0.05, 0.1) is 18.6 Å². The number of aryl methyl sites for hydroxylation is 1. The zero-order valence-corrected chi connectivity index (χ0v) is 18.3. The van der Waals surface area contributed by atoms with Crippen LogP contribution in [-0.2, 0) is 16.6 Å². The number of fused-ring (bicyclic) bond motifs is 4. The molecule has 3 aliphatic rings. The summed E-state index contributed by atoms with van der Waals surface area (Å²) in [7, 11) is 2.00. The van der Waals surface area contributed by atoms with E-state index in [1.165, 1.54) is 36.1 Å². The molecular formula is C26H32N2O2. The van der Waals surface area contributed by atoms with Crippen molar-refractivity contribution in [2.45, 2.75) is 57.0 Å². The largest absolute Gasteiger partial charge is 0.472 e. The molecule has 0 radical (unpaired) electrons. The summed E-state index contributed by atoms with van der Waals surface area (Å²) in [6, 6.07) is 9.38. The minimum atomic E-state index is -0.0157. The van der Waals surface area contributed by atoms with Gasteiger partial charge in [0.25, 0.3) is 0 Å². The van der Waals surface area contributed by atoms with Crippen molar-refractivity contribution in [2.75, 3.05) is 20.1 Å². The van der Waals surface area contributed by atoms with Gasteiger partial charge in [-0.05, 0) is 68.3 Å². The molecule has 2 aromatic rings. The van der Waals surface area contributed by atoms with Gasteiger partial charge in [-0.25, -0.2) is 0 Å². The van der Waals surface area contributed by atoms with Crippen LogP contribution in [0.1, 0.15) is 48.4 Å². The number of hydrogen-bond donors (Lipinski definition) is 0. The van der Waals surface area contributed by atoms with Crippen LogP contribution >= 0.6 is 0 Å². The molecule has 5 rings (SSSR count). The lowest BCUT2D eigenvalue weighted by Crippen LogP contribution is -2.68. The van der Waals surface area contributed by atoms with Crippen molar-refractivity contribution in [3.63, 3.8) is 0 Å². The highest BCUT2D eigenvalue weighted by Crippen LogP contribution is 2.48. The van der Waals surface area contributed by atoms with Gasteiger partial charge in [0, 0.05) is 36.7 Å². The lowest BCUT2D eigenvalue weighted by Gasteiger charge is -2.58. The molecule has 2 bridgehead atoms. The monoisotopic (exact) mass is 404 g/mol. The molecule has 2 heterocycles. The molecule has 1 saturated heterocycles. The van der Waals surface area contributed by atoms with Crippen LogP contribution in [0.25, 0.3) is 6.08 Å². The third-order valence-corrected chi connectivity index (χ3v) is 7.63. The van der Waals surface area contributed by atoms with E-state index in [4.69, 9.17) is 4.42 Å². The van der Waals surface area contributed by atoms with Gasteiger partial charge in [-0.15, -0.1) is 0 Å². The summed E-state index contributed by atoms with van der Waals surface area (Å²) >= 11 is 0. The average molecular weight is 405 g/mol. The van der Waals surface area contributed by atoms with Crippen LogP contribution in [0, 0.1) is 12.8 Å². The van der Waals surface area contributed by atoms with Crippen LogP contribution in [0.15, 0.2) is 47.3 Å². The smallest absolute Gasteiger partial charge is 0.246 e. The first-order chi connectivity index (χ1) is 14.5. The molecule has 1 saturated carbocycles. The molecule has 0 spiro atoms. The van der Waals surface area contributed by atoms with Gasteiger partial charge in [-0.3, -0.25) is 9.69 Å². The normalized spacial score (nSPS) is 28.5. The lowest BCUT2D eigenvalue weighted by atomic mass is 9.61. The number of likely N-dealkylation sites (tertiary alicyclic amines) is 1. The Labute approximate surface area is 179 Å². The van der Waals surface area contributed by atoms with Crippen molar-refractivity contribution < 1.29 is 9.21 Å². The highest BCUT2D eigenvalue weighted by atomic mass is 16.3. The molecule has 158 valence electrons. The number of furan rings is 1. The summed E-state index contributed by atoms with van der Waals surface area (Å²) in [6.07, 6.45) is 11.7. The van der Waals surface area contributed by atoms with E-state index in [1.807, 2.05) is 24.1 Å².